The molecule has 1 N–H and O–H groups in total. The van der Waals surface area contributed by atoms with Crippen molar-refractivity contribution in [2.45, 2.75) is 31.6 Å². The van der Waals surface area contributed by atoms with Crippen molar-refractivity contribution in [1.82, 2.24) is 19.6 Å². The number of hydrogen-bond donors (Lipinski definition) is 1. The van der Waals surface area contributed by atoms with Gasteiger partial charge >= 0.3 is 0 Å². The highest BCUT2D eigenvalue weighted by Crippen LogP contribution is 2.15. The third-order valence-electron chi connectivity index (χ3n) is 3.41. The van der Waals surface area contributed by atoms with Gasteiger partial charge in [-0.2, -0.15) is 9.50 Å². The van der Waals surface area contributed by atoms with E-state index in [1.165, 1.54) is 23.4 Å². The maximum absolute atomic E-state index is 11.9. The zero-order valence-corrected chi connectivity index (χ0v) is 11.4. The molecule has 1 aliphatic heterocycles. The molecule has 0 bridgehead atoms. The third kappa shape index (κ3) is 2.45. The van der Waals surface area contributed by atoms with Crippen LogP contribution >= 0.6 is 11.6 Å². The molecule has 1 fully saturated rings. The van der Waals surface area contributed by atoms with E-state index in [0.717, 1.165) is 31.9 Å². The van der Waals surface area contributed by atoms with Crippen LogP contribution in [0.2, 0.25) is 0 Å². The second kappa shape index (κ2) is 5.21. The van der Waals surface area contributed by atoms with Gasteiger partial charge in [-0.25, -0.2) is 4.98 Å². The van der Waals surface area contributed by atoms with Crippen molar-refractivity contribution in [2.75, 3.05) is 18.0 Å². The van der Waals surface area contributed by atoms with Crippen LogP contribution in [0.1, 0.15) is 31.4 Å². The number of alkyl halides is 1. The molecule has 0 aliphatic carbocycles. The van der Waals surface area contributed by atoms with Gasteiger partial charge in [0, 0.05) is 19.2 Å². The minimum absolute atomic E-state index is 0.172. The Bertz CT molecular complexity index is 627. The first kappa shape index (κ1) is 12.5. The van der Waals surface area contributed by atoms with Gasteiger partial charge in [-0.1, -0.05) is 12.8 Å². The fraction of sp³-hybridized carbons (Fsp3) is 0.583. The molecule has 0 amide bonds. The molecule has 102 valence electrons. The number of hydrogen-bond acceptors (Lipinski definition) is 4. The first-order chi connectivity index (χ1) is 9.28. The van der Waals surface area contributed by atoms with E-state index in [9.17, 15) is 4.79 Å². The second-order valence-electron chi connectivity index (χ2n) is 4.80. The Morgan fingerprint density at radius 1 is 1.21 bits per heavy atom. The zero-order chi connectivity index (χ0) is 13.2. The molecule has 2 aromatic heterocycles. The van der Waals surface area contributed by atoms with Gasteiger partial charge in [0.05, 0.1) is 11.6 Å². The quantitative estimate of drug-likeness (QED) is 0.848. The Balaban J connectivity index is 2.00. The summed E-state index contributed by atoms with van der Waals surface area (Å²) in [5.41, 5.74) is 0.384. The molecule has 0 unspecified atom stereocenters. The van der Waals surface area contributed by atoms with Crippen molar-refractivity contribution in [3.63, 3.8) is 0 Å². The average Bonchev–Trinajstić information content (AvgIpc) is 2.67. The van der Waals surface area contributed by atoms with Gasteiger partial charge in [-0.3, -0.25) is 9.89 Å². The number of aromatic nitrogens is 4. The predicted molar refractivity (Wildman–Crippen MR) is 73.8 cm³/mol. The third-order valence-corrected chi connectivity index (χ3v) is 3.69. The Kier molecular flexibility index (Phi) is 3.42. The number of fused-ring (bicyclic) bond motifs is 1. The summed E-state index contributed by atoms with van der Waals surface area (Å²) in [4.78, 5) is 22.7. The van der Waals surface area contributed by atoms with Crippen molar-refractivity contribution < 1.29 is 0 Å². The van der Waals surface area contributed by atoms with Gasteiger partial charge < -0.3 is 4.90 Å². The molecule has 0 radical (unpaired) electrons. The molecular formula is C12H16ClN5O. The van der Waals surface area contributed by atoms with Crippen LogP contribution < -0.4 is 10.5 Å². The maximum Gasteiger partial charge on any atom is 0.274 e. The lowest BCUT2D eigenvalue weighted by Gasteiger charge is -2.17. The van der Waals surface area contributed by atoms with Gasteiger partial charge in [0.2, 0.25) is 5.95 Å². The molecule has 3 heterocycles. The Morgan fingerprint density at radius 2 is 1.95 bits per heavy atom. The number of aromatic amines is 1. The monoisotopic (exact) mass is 281 g/mol. The maximum atomic E-state index is 11.9. The molecule has 0 aromatic carbocycles. The Labute approximate surface area is 115 Å². The van der Waals surface area contributed by atoms with E-state index < -0.39 is 0 Å². The Morgan fingerprint density at radius 3 is 2.63 bits per heavy atom. The van der Waals surface area contributed by atoms with Gasteiger partial charge in [0.25, 0.3) is 11.3 Å². The predicted octanol–water partition coefficient (Wildman–Crippen LogP) is 1.54. The normalized spacial score (nSPS) is 16.8. The van der Waals surface area contributed by atoms with Crippen LogP contribution in [0.3, 0.4) is 0 Å². The molecule has 3 rings (SSSR count). The van der Waals surface area contributed by atoms with Crippen molar-refractivity contribution in [2.24, 2.45) is 0 Å². The van der Waals surface area contributed by atoms with E-state index >= 15 is 0 Å². The van der Waals surface area contributed by atoms with Gasteiger partial charge in [0.15, 0.2) is 0 Å². The molecule has 0 atom stereocenters. The number of rotatable bonds is 2. The fourth-order valence-corrected chi connectivity index (χ4v) is 2.55. The van der Waals surface area contributed by atoms with Crippen LogP contribution in [-0.4, -0.2) is 32.7 Å². The van der Waals surface area contributed by atoms with Crippen molar-refractivity contribution in [3.05, 3.63) is 22.1 Å². The molecule has 6 nitrogen and oxygen atoms in total. The number of nitrogens with one attached hydrogen (secondary N) is 1. The lowest BCUT2D eigenvalue weighted by atomic mass is 10.2. The van der Waals surface area contributed by atoms with Crippen LogP contribution in [0.15, 0.2) is 10.9 Å². The second-order valence-corrected chi connectivity index (χ2v) is 5.07. The summed E-state index contributed by atoms with van der Waals surface area (Å²) in [5, 5.41) is 3.03. The number of anilines is 1. The number of H-pyrrole nitrogens is 1. The minimum Gasteiger partial charge on any atom is -0.341 e. The lowest BCUT2D eigenvalue weighted by Crippen LogP contribution is -2.25. The van der Waals surface area contributed by atoms with Crippen molar-refractivity contribution >= 4 is 23.3 Å². The van der Waals surface area contributed by atoms with Crippen LogP contribution in [0.25, 0.3) is 5.78 Å². The first-order valence-corrected chi connectivity index (χ1v) is 7.11. The van der Waals surface area contributed by atoms with E-state index in [1.54, 1.807) is 0 Å². The van der Waals surface area contributed by atoms with E-state index in [0.29, 0.717) is 11.5 Å². The summed E-state index contributed by atoms with van der Waals surface area (Å²) in [6.45, 7) is 1.94. The first-order valence-electron chi connectivity index (χ1n) is 6.57. The SMILES string of the molecule is O=c1cc(CCl)nc2nc(N3CCCCCC3)[nH]n12. The summed E-state index contributed by atoms with van der Waals surface area (Å²) < 4.78 is 1.37. The smallest absolute Gasteiger partial charge is 0.274 e. The van der Waals surface area contributed by atoms with E-state index in [2.05, 4.69) is 20.0 Å². The summed E-state index contributed by atoms with van der Waals surface area (Å²) in [6.07, 6.45) is 4.83. The van der Waals surface area contributed by atoms with Gasteiger partial charge in [-0.05, 0) is 12.8 Å². The highest BCUT2D eigenvalue weighted by molar-refractivity contribution is 6.16. The lowest BCUT2D eigenvalue weighted by molar-refractivity contribution is 0.726. The van der Waals surface area contributed by atoms with Crippen LogP contribution in [0.4, 0.5) is 5.95 Å². The van der Waals surface area contributed by atoms with Crippen molar-refractivity contribution in [3.8, 4) is 0 Å². The van der Waals surface area contributed by atoms with Crippen LogP contribution in [-0.2, 0) is 5.88 Å². The molecular weight excluding hydrogens is 266 g/mol. The largest absolute Gasteiger partial charge is 0.341 e. The highest BCUT2D eigenvalue weighted by Gasteiger charge is 2.15. The molecule has 1 saturated heterocycles. The minimum atomic E-state index is -0.172. The van der Waals surface area contributed by atoms with E-state index in [-0.39, 0.29) is 11.4 Å². The average molecular weight is 282 g/mol. The van der Waals surface area contributed by atoms with Gasteiger partial charge in [-0.15, -0.1) is 11.6 Å². The molecule has 19 heavy (non-hydrogen) atoms. The summed E-state index contributed by atoms with van der Waals surface area (Å²) in [5.74, 6) is 1.33. The summed E-state index contributed by atoms with van der Waals surface area (Å²) in [7, 11) is 0. The van der Waals surface area contributed by atoms with Crippen LogP contribution in [0.5, 0.6) is 0 Å². The Hall–Kier alpha value is -1.56. The van der Waals surface area contributed by atoms with Gasteiger partial charge in [0.1, 0.15) is 0 Å². The fourth-order valence-electron chi connectivity index (χ4n) is 2.41. The molecule has 0 spiro atoms. The molecule has 7 heteroatoms. The zero-order valence-electron chi connectivity index (χ0n) is 10.6. The molecule has 0 saturated carbocycles. The topological polar surface area (TPSA) is 66.3 Å². The number of halogens is 1. The van der Waals surface area contributed by atoms with E-state index in [4.69, 9.17) is 11.6 Å². The summed E-state index contributed by atoms with van der Waals surface area (Å²) in [6, 6.07) is 1.43. The number of nitrogens with zero attached hydrogens (tertiary/aromatic N) is 4. The van der Waals surface area contributed by atoms with E-state index in [1.807, 2.05) is 0 Å². The van der Waals surface area contributed by atoms with Crippen LogP contribution in [0, 0.1) is 0 Å². The highest BCUT2D eigenvalue weighted by atomic mass is 35.5. The molecule has 1 aliphatic rings. The molecule has 2 aromatic rings. The summed E-state index contributed by atoms with van der Waals surface area (Å²) >= 11 is 5.72. The van der Waals surface area contributed by atoms with Crippen molar-refractivity contribution in [1.29, 1.82) is 0 Å². The standard InChI is InChI=1S/C12H16ClN5O/c13-8-9-7-10(19)18-11(14-9)15-12(16-18)17-5-3-1-2-4-6-17/h7H,1-6,8H2,(H,14,15,16).